The molecule has 0 saturated carbocycles. The van der Waals surface area contributed by atoms with Gasteiger partial charge in [0.2, 0.25) is 0 Å². The Morgan fingerprint density at radius 3 is 2.81 bits per heavy atom. The van der Waals surface area contributed by atoms with Gasteiger partial charge in [-0.2, -0.15) is 0 Å². The lowest BCUT2D eigenvalue weighted by Crippen LogP contribution is -2.33. The number of aromatic nitrogens is 1. The average Bonchev–Trinajstić information content (AvgIpc) is 3.02. The number of nitrogens with zero attached hydrogens (tertiary/aromatic N) is 3. The Balaban J connectivity index is 1.80. The van der Waals surface area contributed by atoms with Gasteiger partial charge >= 0.3 is 0 Å². The van der Waals surface area contributed by atoms with Gasteiger partial charge in [0.05, 0.1) is 0 Å². The Hall–Kier alpha value is -1.09. The maximum atomic E-state index is 4.76. The highest BCUT2D eigenvalue weighted by molar-refractivity contribution is 5.49. The van der Waals surface area contributed by atoms with Gasteiger partial charge in [-0.1, -0.05) is 19.4 Å². The van der Waals surface area contributed by atoms with Gasteiger partial charge in [-0.05, 0) is 57.7 Å². The van der Waals surface area contributed by atoms with Crippen molar-refractivity contribution in [2.75, 3.05) is 31.1 Å². The van der Waals surface area contributed by atoms with Crippen molar-refractivity contribution in [1.29, 1.82) is 0 Å². The molecular formula is C18H29N3. The smallest absolute Gasteiger partial charge is 0.133 e. The summed E-state index contributed by atoms with van der Waals surface area (Å²) < 4.78 is 0. The highest BCUT2D eigenvalue weighted by atomic mass is 15.2. The molecule has 0 aromatic carbocycles. The Morgan fingerprint density at radius 2 is 2.00 bits per heavy atom. The summed E-state index contributed by atoms with van der Waals surface area (Å²) in [5.41, 5.74) is 1.48. The molecule has 3 heterocycles. The van der Waals surface area contributed by atoms with Crippen molar-refractivity contribution in [3.8, 4) is 0 Å². The van der Waals surface area contributed by atoms with Crippen LogP contribution in [-0.2, 0) is 0 Å². The van der Waals surface area contributed by atoms with Crippen molar-refractivity contribution in [3.63, 3.8) is 0 Å². The predicted octanol–water partition coefficient (Wildman–Crippen LogP) is 4.01. The maximum Gasteiger partial charge on any atom is 0.133 e. The number of pyridine rings is 1. The number of rotatable bonds is 5. The zero-order chi connectivity index (χ0) is 14.5. The van der Waals surface area contributed by atoms with Gasteiger partial charge < -0.3 is 4.90 Å². The van der Waals surface area contributed by atoms with Gasteiger partial charge in [-0.15, -0.1) is 0 Å². The molecule has 116 valence electrons. The van der Waals surface area contributed by atoms with Gasteiger partial charge in [0, 0.05) is 30.9 Å². The fourth-order valence-electron chi connectivity index (χ4n) is 3.85. The molecule has 3 heteroatoms. The summed E-state index contributed by atoms with van der Waals surface area (Å²) in [6.07, 6.45) is 11.2. The number of anilines is 1. The van der Waals surface area contributed by atoms with Crippen LogP contribution in [0.1, 0.15) is 63.5 Å². The zero-order valence-electron chi connectivity index (χ0n) is 13.4. The molecule has 0 radical (unpaired) electrons. The molecular weight excluding hydrogens is 258 g/mol. The molecule has 2 saturated heterocycles. The van der Waals surface area contributed by atoms with Gasteiger partial charge in [0.1, 0.15) is 5.82 Å². The Morgan fingerprint density at radius 1 is 1.14 bits per heavy atom. The maximum absolute atomic E-state index is 4.76. The molecule has 0 bridgehead atoms. The van der Waals surface area contributed by atoms with Crippen molar-refractivity contribution in [3.05, 3.63) is 23.9 Å². The highest BCUT2D eigenvalue weighted by Gasteiger charge is 2.29. The molecule has 1 aromatic heterocycles. The van der Waals surface area contributed by atoms with E-state index >= 15 is 0 Å². The van der Waals surface area contributed by atoms with E-state index in [4.69, 9.17) is 4.98 Å². The van der Waals surface area contributed by atoms with E-state index in [2.05, 4.69) is 28.9 Å². The SMILES string of the molecule is CCCCN1CCC[C@@H]1c1cccnc1N1CCCCC1. The lowest BCUT2D eigenvalue weighted by Gasteiger charge is -2.32. The summed E-state index contributed by atoms with van der Waals surface area (Å²) in [4.78, 5) is 9.97. The first kappa shape index (κ1) is 14.8. The number of likely N-dealkylation sites (tertiary alicyclic amines) is 1. The van der Waals surface area contributed by atoms with E-state index in [0.29, 0.717) is 6.04 Å². The third-order valence-electron chi connectivity index (χ3n) is 4.99. The predicted molar refractivity (Wildman–Crippen MR) is 88.8 cm³/mol. The molecule has 0 amide bonds. The second-order valence-corrected chi connectivity index (χ2v) is 6.51. The Kier molecular flexibility index (Phi) is 5.13. The molecule has 1 atom stereocenters. The second-order valence-electron chi connectivity index (χ2n) is 6.51. The fourth-order valence-corrected chi connectivity index (χ4v) is 3.85. The van der Waals surface area contributed by atoms with Crippen LogP contribution in [0, 0.1) is 0 Å². The van der Waals surface area contributed by atoms with Crippen LogP contribution in [0.15, 0.2) is 18.3 Å². The minimum atomic E-state index is 0.599. The molecule has 0 spiro atoms. The molecule has 3 nitrogen and oxygen atoms in total. The second kappa shape index (κ2) is 7.26. The van der Waals surface area contributed by atoms with Crippen molar-refractivity contribution in [2.45, 2.75) is 57.9 Å². The lowest BCUT2D eigenvalue weighted by molar-refractivity contribution is 0.253. The number of hydrogen-bond donors (Lipinski definition) is 0. The summed E-state index contributed by atoms with van der Waals surface area (Å²) in [5.74, 6) is 1.27. The van der Waals surface area contributed by atoms with Crippen molar-refractivity contribution >= 4 is 5.82 Å². The number of hydrogen-bond acceptors (Lipinski definition) is 3. The third kappa shape index (κ3) is 3.39. The summed E-state index contributed by atoms with van der Waals surface area (Å²) in [6.45, 7) is 7.17. The van der Waals surface area contributed by atoms with Crippen LogP contribution in [0.3, 0.4) is 0 Å². The summed E-state index contributed by atoms with van der Waals surface area (Å²) in [7, 11) is 0. The Bertz CT molecular complexity index is 440. The standard InChI is InChI=1S/C18H29N3/c1-2-3-12-20-15-8-10-17(20)16-9-7-11-19-18(16)21-13-5-4-6-14-21/h7,9,11,17H,2-6,8,10,12-15H2,1H3/t17-/m1/s1. The lowest BCUT2D eigenvalue weighted by atomic mass is 10.0. The quantitative estimate of drug-likeness (QED) is 0.815. The third-order valence-corrected chi connectivity index (χ3v) is 4.99. The van der Waals surface area contributed by atoms with E-state index in [-0.39, 0.29) is 0 Å². The summed E-state index contributed by atoms with van der Waals surface area (Å²) in [6, 6.07) is 5.05. The monoisotopic (exact) mass is 287 g/mol. The van der Waals surface area contributed by atoms with E-state index in [9.17, 15) is 0 Å². The molecule has 3 rings (SSSR count). The van der Waals surface area contributed by atoms with Crippen LogP contribution >= 0.6 is 0 Å². The largest absolute Gasteiger partial charge is 0.356 e. The van der Waals surface area contributed by atoms with Crippen molar-refractivity contribution in [2.24, 2.45) is 0 Å². The van der Waals surface area contributed by atoms with Gasteiger partial charge in [-0.3, -0.25) is 4.90 Å². The van der Waals surface area contributed by atoms with E-state index in [1.165, 1.54) is 82.5 Å². The van der Waals surface area contributed by atoms with E-state index < -0.39 is 0 Å². The normalized spacial score (nSPS) is 23.7. The van der Waals surface area contributed by atoms with Gasteiger partial charge in [0.15, 0.2) is 0 Å². The van der Waals surface area contributed by atoms with Crippen LogP contribution in [0.2, 0.25) is 0 Å². The van der Waals surface area contributed by atoms with E-state index in [0.717, 1.165) is 0 Å². The minimum Gasteiger partial charge on any atom is -0.356 e. The van der Waals surface area contributed by atoms with Crippen molar-refractivity contribution < 1.29 is 0 Å². The van der Waals surface area contributed by atoms with Crippen LogP contribution in [0.4, 0.5) is 5.82 Å². The Labute approximate surface area is 129 Å². The van der Waals surface area contributed by atoms with Crippen molar-refractivity contribution in [1.82, 2.24) is 9.88 Å². The van der Waals surface area contributed by atoms with Crippen LogP contribution in [0.25, 0.3) is 0 Å². The molecule has 1 aromatic rings. The van der Waals surface area contributed by atoms with Gasteiger partial charge in [-0.25, -0.2) is 4.98 Å². The first-order chi connectivity index (χ1) is 10.4. The first-order valence-corrected chi connectivity index (χ1v) is 8.84. The van der Waals surface area contributed by atoms with Crippen LogP contribution in [0.5, 0.6) is 0 Å². The molecule has 2 aliphatic rings. The summed E-state index contributed by atoms with van der Waals surface area (Å²) >= 11 is 0. The van der Waals surface area contributed by atoms with E-state index in [1.807, 2.05) is 6.20 Å². The fraction of sp³-hybridized carbons (Fsp3) is 0.722. The minimum absolute atomic E-state index is 0.599. The van der Waals surface area contributed by atoms with Gasteiger partial charge in [0.25, 0.3) is 0 Å². The van der Waals surface area contributed by atoms with E-state index in [1.54, 1.807) is 0 Å². The molecule has 0 aliphatic carbocycles. The van der Waals surface area contributed by atoms with Crippen LogP contribution in [-0.4, -0.2) is 36.1 Å². The molecule has 21 heavy (non-hydrogen) atoms. The number of piperidine rings is 1. The molecule has 0 N–H and O–H groups in total. The number of unbranched alkanes of at least 4 members (excludes halogenated alkanes) is 1. The first-order valence-electron chi connectivity index (χ1n) is 8.84. The highest BCUT2D eigenvalue weighted by Crippen LogP contribution is 2.37. The molecule has 0 unspecified atom stereocenters. The average molecular weight is 287 g/mol. The molecule has 2 aliphatic heterocycles. The van der Waals surface area contributed by atoms with Crippen LogP contribution < -0.4 is 4.90 Å². The zero-order valence-corrected chi connectivity index (χ0v) is 13.4. The topological polar surface area (TPSA) is 19.4 Å². The molecule has 2 fully saturated rings. The summed E-state index contributed by atoms with van der Waals surface area (Å²) in [5, 5.41) is 0.